The Bertz CT molecular complexity index is 936. The predicted molar refractivity (Wildman–Crippen MR) is 130 cm³/mol. The van der Waals surface area contributed by atoms with Crippen molar-refractivity contribution in [3.63, 3.8) is 0 Å². The predicted octanol–water partition coefficient (Wildman–Crippen LogP) is 5.86. The van der Waals surface area contributed by atoms with Crippen LogP contribution in [0.25, 0.3) is 12.2 Å². The van der Waals surface area contributed by atoms with Crippen LogP contribution in [-0.4, -0.2) is 33.8 Å². The van der Waals surface area contributed by atoms with Crippen molar-refractivity contribution in [2.75, 3.05) is 18.8 Å². The van der Waals surface area contributed by atoms with Gasteiger partial charge in [0.2, 0.25) is 0 Å². The van der Waals surface area contributed by atoms with Crippen molar-refractivity contribution in [3.05, 3.63) is 94.6 Å². The summed E-state index contributed by atoms with van der Waals surface area (Å²) in [5.74, 6) is 0.862. The highest BCUT2D eigenvalue weighted by atomic mass is 32.2. The van der Waals surface area contributed by atoms with Gasteiger partial charge in [0.05, 0.1) is 0 Å². The van der Waals surface area contributed by atoms with E-state index in [4.69, 9.17) is 12.2 Å². The van der Waals surface area contributed by atoms with Gasteiger partial charge in [0, 0.05) is 30.0 Å². The van der Waals surface area contributed by atoms with Crippen molar-refractivity contribution < 1.29 is 4.79 Å². The number of rotatable bonds is 4. The quantitative estimate of drug-likeness (QED) is 0.351. The SMILES string of the molecule is C=CCSC(=S)N1C/C(=C\c2ccccc2C)C(=O)/C(=C/c2ccccc2C)C1. The van der Waals surface area contributed by atoms with Crippen LogP contribution in [0.4, 0.5) is 0 Å². The second kappa shape index (κ2) is 9.86. The zero-order valence-electron chi connectivity index (χ0n) is 16.9. The Balaban J connectivity index is 2.00. The summed E-state index contributed by atoms with van der Waals surface area (Å²) in [5, 5.41) is 0. The van der Waals surface area contributed by atoms with Crippen LogP contribution in [0, 0.1) is 13.8 Å². The van der Waals surface area contributed by atoms with E-state index in [-0.39, 0.29) is 5.78 Å². The molecule has 0 amide bonds. The fourth-order valence-electron chi connectivity index (χ4n) is 3.26. The molecule has 0 bridgehead atoms. The smallest absolute Gasteiger partial charge is 0.188 e. The zero-order valence-corrected chi connectivity index (χ0v) is 18.5. The minimum atomic E-state index is 0.101. The fraction of sp³-hybridized carbons (Fsp3) is 0.200. The summed E-state index contributed by atoms with van der Waals surface area (Å²) in [4.78, 5) is 15.4. The summed E-state index contributed by atoms with van der Waals surface area (Å²) in [6.07, 6.45) is 5.87. The highest BCUT2D eigenvalue weighted by Gasteiger charge is 2.27. The van der Waals surface area contributed by atoms with Crippen molar-refractivity contribution >= 4 is 46.2 Å². The fourth-order valence-corrected chi connectivity index (χ4v) is 4.17. The van der Waals surface area contributed by atoms with Gasteiger partial charge in [0.15, 0.2) is 5.78 Å². The first-order chi connectivity index (χ1) is 14.0. The highest BCUT2D eigenvalue weighted by molar-refractivity contribution is 8.23. The topological polar surface area (TPSA) is 20.3 Å². The van der Waals surface area contributed by atoms with Gasteiger partial charge in [-0.3, -0.25) is 4.79 Å². The first-order valence-corrected chi connectivity index (χ1v) is 11.0. The summed E-state index contributed by atoms with van der Waals surface area (Å²) < 4.78 is 0.795. The third kappa shape index (κ3) is 5.34. The van der Waals surface area contributed by atoms with Crippen LogP contribution < -0.4 is 0 Å². The van der Waals surface area contributed by atoms with E-state index in [9.17, 15) is 4.79 Å². The molecule has 0 unspecified atom stereocenters. The summed E-state index contributed by atoms with van der Waals surface area (Å²) >= 11 is 7.22. The molecule has 2 nitrogen and oxygen atoms in total. The lowest BCUT2D eigenvalue weighted by Gasteiger charge is -2.31. The number of aryl methyl sites for hydroxylation is 2. The minimum Gasteiger partial charge on any atom is -0.349 e. The monoisotopic (exact) mass is 419 g/mol. The number of hydrogen-bond donors (Lipinski definition) is 0. The number of thioether (sulfide) groups is 1. The lowest BCUT2D eigenvalue weighted by molar-refractivity contribution is -0.113. The molecular formula is C25H25NOS2. The van der Waals surface area contributed by atoms with Gasteiger partial charge in [-0.05, 0) is 48.3 Å². The van der Waals surface area contributed by atoms with Gasteiger partial charge in [-0.15, -0.1) is 6.58 Å². The van der Waals surface area contributed by atoms with Crippen LogP contribution in [0.2, 0.25) is 0 Å². The van der Waals surface area contributed by atoms with Gasteiger partial charge < -0.3 is 4.90 Å². The van der Waals surface area contributed by atoms with Gasteiger partial charge in [-0.25, -0.2) is 0 Å². The molecule has 0 saturated carbocycles. The number of piperidine rings is 1. The second-order valence-corrected chi connectivity index (χ2v) is 8.76. The third-order valence-electron chi connectivity index (χ3n) is 4.92. The second-order valence-electron chi connectivity index (χ2n) is 7.10. The van der Waals surface area contributed by atoms with Gasteiger partial charge in [0.1, 0.15) is 4.32 Å². The molecule has 0 radical (unpaired) electrons. The first kappa shape index (κ1) is 21.3. The molecule has 0 atom stereocenters. The number of benzene rings is 2. The zero-order chi connectivity index (χ0) is 20.8. The van der Waals surface area contributed by atoms with Crippen LogP contribution in [0.15, 0.2) is 72.3 Å². The molecule has 1 aliphatic rings. The molecule has 0 aliphatic carbocycles. The Hall–Kier alpha value is -2.43. The maximum atomic E-state index is 13.3. The largest absolute Gasteiger partial charge is 0.349 e. The molecule has 2 aromatic rings. The normalized spacial score (nSPS) is 17.0. The molecule has 4 heteroatoms. The molecule has 0 spiro atoms. The molecule has 1 aliphatic heterocycles. The van der Waals surface area contributed by atoms with Gasteiger partial charge in [-0.1, -0.05) is 78.6 Å². The molecule has 0 aromatic heterocycles. The van der Waals surface area contributed by atoms with Gasteiger partial charge in [-0.2, -0.15) is 0 Å². The summed E-state index contributed by atoms with van der Waals surface area (Å²) in [7, 11) is 0. The van der Waals surface area contributed by atoms with Crippen LogP contribution in [0.3, 0.4) is 0 Å². The average molecular weight is 420 g/mol. The van der Waals surface area contributed by atoms with E-state index in [0.29, 0.717) is 13.1 Å². The number of thiocarbonyl (C=S) groups is 1. The van der Waals surface area contributed by atoms with Gasteiger partial charge >= 0.3 is 0 Å². The van der Waals surface area contributed by atoms with Crippen LogP contribution in [0.1, 0.15) is 22.3 Å². The number of Topliss-reactive ketones (excluding diaryl/α,β-unsaturated/α-hetero) is 1. The summed E-state index contributed by atoms with van der Waals surface area (Å²) in [6, 6.07) is 16.2. The number of carbonyl (C=O) groups excluding carboxylic acids is 1. The van der Waals surface area contributed by atoms with Gasteiger partial charge in [0.25, 0.3) is 0 Å². The van der Waals surface area contributed by atoms with Crippen molar-refractivity contribution in [1.82, 2.24) is 4.90 Å². The maximum absolute atomic E-state index is 13.3. The lowest BCUT2D eigenvalue weighted by Crippen LogP contribution is -2.39. The number of nitrogens with zero attached hydrogens (tertiary/aromatic N) is 1. The first-order valence-electron chi connectivity index (χ1n) is 9.59. The Labute approximate surface area is 183 Å². The Morgan fingerprint density at radius 1 is 1.00 bits per heavy atom. The Morgan fingerprint density at radius 3 is 1.93 bits per heavy atom. The van der Waals surface area contributed by atoms with E-state index in [2.05, 4.69) is 37.5 Å². The number of likely N-dealkylation sites (tertiary alicyclic amines) is 1. The molecule has 29 heavy (non-hydrogen) atoms. The van der Waals surface area contributed by atoms with Crippen molar-refractivity contribution in [1.29, 1.82) is 0 Å². The molecule has 0 N–H and O–H groups in total. The molecule has 3 rings (SSSR count). The van der Waals surface area contributed by atoms with Crippen LogP contribution in [0.5, 0.6) is 0 Å². The molecule has 1 fully saturated rings. The Morgan fingerprint density at radius 2 is 1.48 bits per heavy atom. The third-order valence-corrected chi connectivity index (χ3v) is 6.44. The van der Waals surface area contributed by atoms with E-state index in [0.717, 1.165) is 43.5 Å². The van der Waals surface area contributed by atoms with Crippen LogP contribution >= 0.6 is 24.0 Å². The molecule has 2 aromatic carbocycles. The maximum Gasteiger partial charge on any atom is 0.188 e. The van der Waals surface area contributed by atoms with E-state index >= 15 is 0 Å². The van der Waals surface area contributed by atoms with Crippen molar-refractivity contribution in [3.8, 4) is 0 Å². The van der Waals surface area contributed by atoms with E-state index in [1.807, 2.05) is 54.6 Å². The molecule has 148 valence electrons. The standard InChI is InChI=1S/C25H25NOS2/c1-4-13-29-25(28)26-16-22(14-20-11-7-5-9-18(20)2)24(27)23(17-26)15-21-12-8-6-10-19(21)3/h4-12,14-15H,1,13,16-17H2,2-3H3/b22-14+,23-15+. The van der Waals surface area contributed by atoms with Crippen LogP contribution in [-0.2, 0) is 4.79 Å². The Kier molecular flexibility index (Phi) is 7.24. The summed E-state index contributed by atoms with van der Waals surface area (Å²) in [5.41, 5.74) is 5.98. The van der Waals surface area contributed by atoms with Crippen molar-refractivity contribution in [2.24, 2.45) is 0 Å². The molecular weight excluding hydrogens is 394 g/mol. The number of carbonyl (C=O) groups is 1. The summed E-state index contributed by atoms with van der Waals surface area (Å²) in [6.45, 7) is 8.96. The van der Waals surface area contributed by atoms with E-state index in [1.54, 1.807) is 11.8 Å². The molecule has 1 heterocycles. The molecule has 1 saturated heterocycles. The number of hydrogen-bond acceptors (Lipinski definition) is 3. The lowest BCUT2D eigenvalue weighted by atomic mass is 9.93. The van der Waals surface area contributed by atoms with E-state index in [1.165, 1.54) is 0 Å². The minimum absolute atomic E-state index is 0.101. The highest BCUT2D eigenvalue weighted by Crippen LogP contribution is 2.26. The number of ketones is 1. The van der Waals surface area contributed by atoms with Crippen molar-refractivity contribution in [2.45, 2.75) is 13.8 Å². The van der Waals surface area contributed by atoms with E-state index < -0.39 is 0 Å². The average Bonchev–Trinajstić information content (AvgIpc) is 2.72.